The molecule has 19 heavy (non-hydrogen) atoms. The van der Waals surface area contributed by atoms with Crippen LogP contribution >= 0.6 is 11.3 Å². The highest BCUT2D eigenvalue weighted by Crippen LogP contribution is 2.20. The molecule has 0 aliphatic heterocycles. The molecule has 2 aromatic rings. The number of nitrogens with zero attached hydrogens (tertiary/aromatic N) is 1. The molecule has 0 fully saturated rings. The van der Waals surface area contributed by atoms with E-state index in [1.807, 2.05) is 39.1 Å². The Balaban J connectivity index is 2.05. The fraction of sp³-hybridized carbons (Fsp3) is 0.429. The summed E-state index contributed by atoms with van der Waals surface area (Å²) < 4.78 is 1.20. The third-order valence-electron chi connectivity index (χ3n) is 3.25. The molecule has 0 radical (unpaired) electrons. The summed E-state index contributed by atoms with van der Waals surface area (Å²) in [5.41, 5.74) is 1.04. The number of para-hydroxylation sites is 1. The Kier molecular flexibility index (Phi) is 4.50. The summed E-state index contributed by atoms with van der Waals surface area (Å²) in [5, 5.41) is 3.94. The summed E-state index contributed by atoms with van der Waals surface area (Å²) in [4.78, 5) is 17.6. The van der Waals surface area contributed by atoms with E-state index in [9.17, 15) is 4.79 Å². The molecule has 2 rings (SSSR count). The van der Waals surface area contributed by atoms with E-state index < -0.39 is 0 Å². The SMILES string of the molecule is CCNC(=O)[C@H](C)[NH+](C)Cc1nc2ccccc2s1. The van der Waals surface area contributed by atoms with Gasteiger partial charge in [-0.3, -0.25) is 4.79 Å². The zero-order chi connectivity index (χ0) is 13.8. The van der Waals surface area contributed by atoms with Crippen LogP contribution in [0.4, 0.5) is 0 Å². The zero-order valence-electron chi connectivity index (χ0n) is 11.6. The first kappa shape index (κ1) is 14.0. The van der Waals surface area contributed by atoms with Crippen LogP contribution in [-0.2, 0) is 11.3 Å². The Morgan fingerprint density at radius 1 is 1.47 bits per heavy atom. The second-order valence-corrected chi connectivity index (χ2v) is 5.83. The van der Waals surface area contributed by atoms with Gasteiger partial charge >= 0.3 is 0 Å². The highest BCUT2D eigenvalue weighted by molar-refractivity contribution is 7.18. The quantitative estimate of drug-likeness (QED) is 0.851. The van der Waals surface area contributed by atoms with Crippen molar-refractivity contribution in [2.75, 3.05) is 13.6 Å². The predicted molar refractivity (Wildman–Crippen MR) is 78.4 cm³/mol. The van der Waals surface area contributed by atoms with Gasteiger partial charge in [-0.2, -0.15) is 0 Å². The van der Waals surface area contributed by atoms with Crippen LogP contribution in [0, 0.1) is 0 Å². The van der Waals surface area contributed by atoms with Crippen LogP contribution in [-0.4, -0.2) is 30.5 Å². The number of rotatable bonds is 5. The molecule has 1 amide bonds. The summed E-state index contributed by atoms with van der Waals surface area (Å²) in [5.74, 6) is 0.0983. The maximum absolute atomic E-state index is 11.8. The van der Waals surface area contributed by atoms with Crippen LogP contribution in [0.5, 0.6) is 0 Å². The second-order valence-electron chi connectivity index (χ2n) is 4.71. The van der Waals surface area contributed by atoms with E-state index >= 15 is 0 Å². The van der Waals surface area contributed by atoms with Crippen LogP contribution in [0.3, 0.4) is 0 Å². The average molecular weight is 278 g/mol. The van der Waals surface area contributed by atoms with Crippen molar-refractivity contribution < 1.29 is 9.69 Å². The number of quaternary nitrogens is 1. The van der Waals surface area contributed by atoms with Crippen molar-refractivity contribution in [2.45, 2.75) is 26.4 Å². The molecule has 0 saturated heterocycles. The van der Waals surface area contributed by atoms with Gasteiger partial charge in [-0.1, -0.05) is 12.1 Å². The van der Waals surface area contributed by atoms with E-state index in [1.54, 1.807) is 11.3 Å². The van der Waals surface area contributed by atoms with Crippen LogP contribution in [0.2, 0.25) is 0 Å². The Bertz CT molecular complexity index is 534. The van der Waals surface area contributed by atoms with Gasteiger partial charge in [0.1, 0.15) is 11.6 Å². The predicted octanol–water partition coefficient (Wildman–Crippen LogP) is 0.836. The van der Waals surface area contributed by atoms with Gasteiger partial charge in [0.05, 0.1) is 17.3 Å². The number of fused-ring (bicyclic) bond motifs is 1. The number of nitrogens with one attached hydrogen (secondary N) is 2. The van der Waals surface area contributed by atoms with E-state index in [4.69, 9.17) is 0 Å². The molecule has 1 unspecified atom stereocenters. The summed E-state index contributed by atoms with van der Waals surface area (Å²) in [6.07, 6.45) is 0. The molecule has 0 saturated carbocycles. The van der Waals surface area contributed by atoms with Crippen molar-refractivity contribution in [3.63, 3.8) is 0 Å². The van der Waals surface area contributed by atoms with Crippen molar-refractivity contribution in [3.8, 4) is 0 Å². The maximum Gasteiger partial charge on any atom is 0.278 e. The van der Waals surface area contributed by atoms with E-state index in [1.165, 1.54) is 4.70 Å². The molecule has 2 atom stereocenters. The number of likely N-dealkylation sites (N-methyl/N-ethyl adjacent to an activating group) is 2. The third kappa shape index (κ3) is 3.30. The molecule has 1 heterocycles. The van der Waals surface area contributed by atoms with E-state index in [2.05, 4.69) is 16.4 Å². The van der Waals surface area contributed by atoms with Crippen molar-refractivity contribution in [1.29, 1.82) is 0 Å². The summed E-state index contributed by atoms with van der Waals surface area (Å²) in [7, 11) is 2.03. The Hall–Kier alpha value is -1.46. The Labute approximate surface area is 117 Å². The molecule has 0 aliphatic carbocycles. The second kappa shape index (κ2) is 6.12. The number of hydrogen-bond donors (Lipinski definition) is 2. The number of thiazole rings is 1. The molecule has 0 bridgehead atoms. The highest BCUT2D eigenvalue weighted by atomic mass is 32.1. The first-order valence-electron chi connectivity index (χ1n) is 6.56. The number of hydrogen-bond acceptors (Lipinski definition) is 3. The van der Waals surface area contributed by atoms with Gasteiger partial charge in [-0.25, -0.2) is 4.98 Å². The highest BCUT2D eigenvalue weighted by Gasteiger charge is 2.22. The van der Waals surface area contributed by atoms with Crippen molar-refractivity contribution in [1.82, 2.24) is 10.3 Å². The molecular weight excluding hydrogens is 258 g/mol. The van der Waals surface area contributed by atoms with Gasteiger partial charge in [0, 0.05) is 6.54 Å². The van der Waals surface area contributed by atoms with Gasteiger partial charge in [0.15, 0.2) is 6.04 Å². The van der Waals surface area contributed by atoms with E-state index in [-0.39, 0.29) is 11.9 Å². The summed E-state index contributed by atoms with van der Waals surface area (Å²) in [6.45, 7) is 5.34. The smallest absolute Gasteiger partial charge is 0.278 e. The largest absolute Gasteiger partial charge is 0.351 e. The molecular formula is C14H20N3OS+. The van der Waals surface area contributed by atoms with Gasteiger partial charge in [0.2, 0.25) is 0 Å². The van der Waals surface area contributed by atoms with Gasteiger partial charge in [0.25, 0.3) is 5.91 Å². The van der Waals surface area contributed by atoms with Crippen LogP contribution in [0.15, 0.2) is 24.3 Å². The van der Waals surface area contributed by atoms with Gasteiger partial charge in [-0.15, -0.1) is 11.3 Å². The minimum absolute atomic E-state index is 0.0630. The first-order chi connectivity index (χ1) is 9.11. The maximum atomic E-state index is 11.8. The lowest BCUT2D eigenvalue weighted by molar-refractivity contribution is -0.908. The number of aromatic nitrogens is 1. The normalized spacial score (nSPS) is 14.3. The summed E-state index contributed by atoms with van der Waals surface area (Å²) in [6, 6.07) is 8.07. The minimum Gasteiger partial charge on any atom is -0.351 e. The topological polar surface area (TPSA) is 46.4 Å². The van der Waals surface area contributed by atoms with Crippen LogP contribution in [0.1, 0.15) is 18.9 Å². The molecule has 1 aromatic carbocycles. The fourth-order valence-electron chi connectivity index (χ4n) is 1.94. The average Bonchev–Trinajstić information content (AvgIpc) is 2.80. The standard InChI is InChI=1S/C14H19N3OS/c1-4-15-14(18)10(2)17(3)9-13-16-11-7-5-6-8-12(11)19-13/h5-8,10H,4,9H2,1-3H3,(H,15,18)/p+1/t10-/m0/s1. The molecule has 102 valence electrons. The number of carbonyl (C=O) groups excluding carboxylic acids is 1. The fourth-order valence-corrected chi connectivity index (χ4v) is 3.00. The molecule has 2 N–H and O–H groups in total. The lowest BCUT2D eigenvalue weighted by atomic mass is 10.3. The van der Waals surface area contributed by atoms with E-state index in [0.717, 1.165) is 22.0 Å². The molecule has 5 heteroatoms. The molecule has 0 spiro atoms. The number of benzene rings is 1. The Morgan fingerprint density at radius 3 is 2.89 bits per heavy atom. The number of carbonyl (C=O) groups is 1. The van der Waals surface area contributed by atoms with Crippen molar-refractivity contribution in [3.05, 3.63) is 29.3 Å². The Morgan fingerprint density at radius 2 is 2.21 bits per heavy atom. The third-order valence-corrected chi connectivity index (χ3v) is 4.29. The monoisotopic (exact) mass is 278 g/mol. The molecule has 4 nitrogen and oxygen atoms in total. The first-order valence-corrected chi connectivity index (χ1v) is 7.38. The van der Waals surface area contributed by atoms with Crippen molar-refractivity contribution in [2.24, 2.45) is 0 Å². The lowest BCUT2D eigenvalue weighted by Crippen LogP contribution is -3.12. The van der Waals surface area contributed by atoms with Gasteiger partial charge in [-0.05, 0) is 26.0 Å². The lowest BCUT2D eigenvalue weighted by Gasteiger charge is -2.19. The van der Waals surface area contributed by atoms with E-state index in [0.29, 0.717) is 6.54 Å². The zero-order valence-corrected chi connectivity index (χ0v) is 12.4. The molecule has 0 aliphatic rings. The summed E-state index contributed by atoms with van der Waals surface area (Å²) >= 11 is 1.70. The van der Waals surface area contributed by atoms with Crippen LogP contribution in [0.25, 0.3) is 10.2 Å². The van der Waals surface area contributed by atoms with Crippen molar-refractivity contribution >= 4 is 27.5 Å². The van der Waals surface area contributed by atoms with Crippen LogP contribution < -0.4 is 10.2 Å². The number of amides is 1. The van der Waals surface area contributed by atoms with Gasteiger partial charge < -0.3 is 10.2 Å². The molecule has 1 aromatic heterocycles. The minimum atomic E-state index is -0.0630.